The van der Waals surface area contributed by atoms with Crippen molar-refractivity contribution in [2.75, 3.05) is 0 Å². The molecule has 0 aliphatic heterocycles. The van der Waals surface area contributed by atoms with Crippen molar-refractivity contribution in [2.45, 2.75) is 13.3 Å². The number of nitrogens with zero attached hydrogens (tertiary/aromatic N) is 2. The average molecular weight is 158 g/mol. The molecule has 0 unspecified atom stereocenters. The van der Waals surface area contributed by atoms with E-state index in [2.05, 4.69) is 16.9 Å². The molecule has 0 aliphatic rings. The Morgan fingerprint density at radius 1 is 1.25 bits per heavy atom. The van der Waals surface area contributed by atoms with Crippen LogP contribution in [0.5, 0.6) is 0 Å². The standard InChI is InChI=1S/C10H10N2/c1-2-8-3-6-12-10-4-5-11-7-9(8)10/h3-7H,2H2,1H3. The van der Waals surface area contributed by atoms with Crippen LogP contribution in [0.3, 0.4) is 0 Å². The molecule has 0 amide bonds. The zero-order valence-corrected chi connectivity index (χ0v) is 6.99. The van der Waals surface area contributed by atoms with E-state index in [-0.39, 0.29) is 0 Å². The highest BCUT2D eigenvalue weighted by Gasteiger charge is 1.97. The number of aromatic nitrogens is 2. The lowest BCUT2D eigenvalue weighted by atomic mass is 10.1. The molecule has 0 atom stereocenters. The van der Waals surface area contributed by atoms with Crippen molar-refractivity contribution in [1.82, 2.24) is 9.97 Å². The molecular weight excluding hydrogens is 148 g/mol. The summed E-state index contributed by atoms with van der Waals surface area (Å²) in [5.74, 6) is 0. The summed E-state index contributed by atoms with van der Waals surface area (Å²) in [5.41, 5.74) is 2.34. The molecule has 0 aliphatic carbocycles. The molecule has 2 nitrogen and oxygen atoms in total. The Morgan fingerprint density at radius 3 is 3.00 bits per heavy atom. The van der Waals surface area contributed by atoms with Gasteiger partial charge in [-0.3, -0.25) is 9.97 Å². The fraction of sp³-hybridized carbons (Fsp3) is 0.200. The summed E-state index contributed by atoms with van der Waals surface area (Å²) >= 11 is 0. The summed E-state index contributed by atoms with van der Waals surface area (Å²) in [7, 11) is 0. The van der Waals surface area contributed by atoms with Gasteiger partial charge in [-0.25, -0.2) is 0 Å². The largest absolute Gasteiger partial charge is 0.264 e. The lowest BCUT2D eigenvalue weighted by Crippen LogP contribution is -1.86. The molecule has 2 aromatic rings. The van der Waals surface area contributed by atoms with E-state index in [0.29, 0.717) is 0 Å². The first kappa shape index (κ1) is 7.22. The second-order valence-corrected chi connectivity index (χ2v) is 2.72. The van der Waals surface area contributed by atoms with Crippen molar-refractivity contribution in [2.24, 2.45) is 0 Å². The molecule has 2 aromatic heterocycles. The van der Waals surface area contributed by atoms with Crippen molar-refractivity contribution in [3.8, 4) is 0 Å². The zero-order chi connectivity index (χ0) is 8.39. The fourth-order valence-electron chi connectivity index (χ4n) is 1.35. The molecular formula is C10H10N2. The highest BCUT2D eigenvalue weighted by molar-refractivity contribution is 5.80. The van der Waals surface area contributed by atoms with Gasteiger partial charge in [0.25, 0.3) is 0 Å². The molecule has 0 N–H and O–H groups in total. The van der Waals surface area contributed by atoms with E-state index in [1.165, 1.54) is 10.9 Å². The lowest BCUT2D eigenvalue weighted by Gasteiger charge is -2.00. The van der Waals surface area contributed by atoms with E-state index >= 15 is 0 Å². The maximum absolute atomic E-state index is 4.25. The van der Waals surface area contributed by atoms with Gasteiger partial charge in [0.2, 0.25) is 0 Å². The van der Waals surface area contributed by atoms with E-state index in [0.717, 1.165) is 11.9 Å². The van der Waals surface area contributed by atoms with Crippen LogP contribution in [0.1, 0.15) is 12.5 Å². The van der Waals surface area contributed by atoms with Crippen LogP contribution in [0, 0.1) is 0 Å². The van der Waals surface area contributed by atoms with Crippen LogP contribution >= 0.6 is 0 Å². The van der Waals surface area contributed by atoms with Crippen molar-refractivity contribution in [1.29, 1.82) is 0 Å². The van der Waals surface area contributed by atoms with Gasteiger partial charge in [-0.15, -0.1) is 0 Å². The predicted molar refractivity (Wildman–Crippen MR) is 48.9 cm³/mol. The van der Waals surface area contributed by atoms with Gasteiger partial charge in [0.05, 0.1) is 5.52 Å². The highest BCUT2D eigenvalue weighted by atomic mass is 14.7. The normalized spacial score (nSPS) is 10.4. The quantitative estimate of drug-likeness (QED) is 0.635. The first-order valence-corrected chi connectivity index (χ1v) is 4.09. The van der Waals surface area contributed by atoms with E-state index < -0.39 is 0 Å². The number of rotatable bonds is 1. The smallest absolute Gasteiger partial charge is 0.0735 e. The Morgan fingerprint density at radius 2 is 2.17 bits per heavy atom. The third-order valence-electron chi connectivity index (χ3n) is 2.01. The van der Waals surface area contributed by atoms with Crippen LogP contribution in [-0.2, 0) is 6.42 Å². The molecule has 2 heterocycles. The summed E-state index contributed by atoms with van der Waals surface area (Å²) in [4.78, 5) is 8.33. The van der Waals surface area contributed by atoms with Crippen LogP contribution in [0.4, 0.5) is 0 Å². The van der Waals surface area contributed by atoms with E-state index in [9.17, 15) is 0 Å². The van der Waals surface area contributed by atoms with Crippen LogP contribution in [0.25, 0.3) is 10.9 Å². The SMILES string of the molecule is CCc1ccnc2ccncc12. The van der Waals surface area contributed by atoms with Crippen molar-refractivity contribution in [3.05, 3.63) is 36.3 Å². The highest BCUT2D eigenvalue weighted by Crippen LogP contribution is 2.14. The van der Waals surface area contributed by atoms with Gasteiger partial charge in [-0.1, -0.05) is 6.92 Å². The average Bonchev–Trinajstić information content (AvgIpc) is 2.17. The fourth-order valence-corrected chi connectivity index (χ4v) is 1.35. The third kappa shape index (κ3) is 1.05. The van der Waals surface area contributed by atoms with Gasteiger partial charge in [0.1, 0.15) is 0 Å². The molecule has 0 fully saturated rings. The van der Waals surface area contributed by atoms with Gasteiger partial charge in [-0.2, -0.15) is 0 Å². The zero-order valence-electron chi connectivity index (χ0n) is 6.99. The second-order valence-electron chi connectivity index (χ2n) is 2.72. The minimum atomic E-state index is 1.03. The molecule has 0 radical (unpaired) electrons. The minimum absolute atomic E-state index is 1.03. The second kappa shape index (κ2) is 2.89. The van der Waals surface area contributed by atoms with Crippen molar-refractivity contribution < 1.29 is 0 Å². The Kier molecular flexibility index (Phi) is 1.74. The van der Waals surface area contributed by atoms with E-state index in [1.807, 2.05) is 24.5 Å². The Balaban J connectivity index is 2.79. The number of fused-ring (bicyclic) bond motifs is 1. The van der Waals surface area contributed by atoms with E-state index in [4.69, 9.17) is 0 Å². The van der Waals surface area contributed by atoms with Gasteiger partial charge in [-0.05, 0) is 24.1 Å². The van der Waals surface area contributed by atoms with Gasteiger partial charge < -0.3 is 0 Å². The molecule has 60 valence electrons. The van der Waals surface area contributed by atoms with E-state index in [1.54, 1.807) is 6.20 Å². The third-order valence-corrected chi connectivity index (χ3v) is 2.01. The molecule has 0 bridgehead atoms. The minimum Gasteiger partial charge on any atom is -0.264 e. The molecule has 12 heavy (non-hydrogen) atoms. The van der Waals surface area contributed by atoms with Crippen molar-refractivity contribution in [3.63, 3.8) is 0 Å². The van der Waals surface area contributed by atoms with Crippen LogP contribution in [-0.4, -0.2) is 9.97 Å². The predicted octanol–water partition coefficient (Wildman–Crippen LogP) is 2.19. The van der Waals surface area contributed by atoms with Gasteiger partial charge >= 0.3 is 0 Å². The molecule has 0 spiro atoms. The molecule has 2 rings (SSSR count). The van der Waals surface area contributed by atoms with Crippen LogP contribution in [0.2, 0.25) is 0 Å². The number of hydrogen-bond acceptors (Lipinski definition) is 2. The maximum atomic E-state index is 4.25. The molecule has 0 aromatic carbocycles. The Hall–Kier alpha value is -1.44. The summed E-state index contributed by atoms with van der Waals surface area (Å²) in [6.07, 6.45) is 6.53. The molecule has 0 saturated carbocycles. The topological polar surface area (TPSA) is 25.8 Å². The summed E-state index contributed by atoms with van der Waals surface area (Å²) in [5, 5.41) is 1.17. The van der Waals surface area contributed by atoms with Crippen LogP contribution in [0.15, 0.2) is 30.7 Å². The summed E-state index contributed by atoms with van der Waals surface area (Å²) in [6.45, 7) is 2.14. The first-order chi connectivity index (χ1) is 5.92. The van der Waals surface area contributed by atoms with Gasteiger partial charge in [0.15, 0.2) is 0 Å². The van der Waals surface area contributed by atoms with Gasteiger partial charge in [0, 0.05) is 24.0 Å². The number of pyridine rings is 2. The summed E-state index contributed by atoms with van der Waals surface area (Å²) in [6, 6.07) is 3.98. The molecule has 2 heteroatoms. The monoisotopic (exact) mass is 158 g/mol. The van der Waals surface area contributed by atoms with Crippen LogP contribution < -0.4 is 0 Å². The number of aryl methyl sites for hydroxylation is 1. The van der Waals surface area contributed by atoms with Crippen molar-refractivity contribution >= 4 is 10.9 Å². The number of hydrogen-bond donors (Lipinski definition) is 0. The Bertz CT molecular complexity index is 390. The Labute approximate surface area is 71.3 Å². The lowest BCUT2D eigenvalue weighted by molar-refractivity contribution is 1.14. The summed E-state index contributed by atoms with van der Waals surface area (Å²) < 4.78 is 0. The maximum Gasteiger partial charge on any atom is 0.0735 e. The first-order valence-electron chi connectivity index (χ1n) is 4.09. The molecule has 0 saturated heterocycles.